The Bertz CT molecular complexity index is 546. The van der Waals surface area contributed by atoms with Crippen LogP contribution < -0.4 is 5.32 Å². The van der Waals surface area contributed by atoms with Crippen molar-refractivity contribution >= 4 is 0 Å². The topological polar surface area (TPSA) is 29.9 Å². The molecule has 3 rings (SSSR count). The van der Waals surface area contributed by atoms with Gasteiger partial charge in [0.2, 0.25) is 0 Å². The molecule has 0 spiro atoms. The Hall–Kier alpha value is -1.61. The third kappa shape index (κ3) is 2.38. The van der Waals surface area contributed by atoms with Crippen molar-refractivity contribution in [2.24, 2.45) is 5.92 Å². The van der Waals surface area contributed by atoms with Gasteiger partial charge in [-0.2, -0.15) is 5.10 Å². The molecule has 3 atom stereocenters. The number of aromatic nitrogens is 2. The lowest BCUT2D eigenvalue weighted by Crippen LogP contribution is -2.32. The number of nitrogens with one attached hydrogen (secondary N) is 1. The highest BCUT2D eigenvalue weighted by Crippen LogP contribution is 2.39. The number of rotatable bonds is 4. The van der Waals surface area contributed by atoms with Crippen molar-refractivity contribution in [2.75, 3.05) is 6.54 Å². The van der Waals surface area contributed by atoms with Crippen LogP contribution in [0, 0.1) is 5.92 Å². The number of nitrogens with zero attached hydrogens (tertiary/aromatic N) is 2. The van der Waals surface area contributed by atoms with E-state index in [0.29, 0.717) is 17.9 Å². The second-order valence-electron chi connectivity index (χ2n) is 5.71. The Labute approximate surface area is 121 Å². The number of benzene rings is 1. The zero-order chi connectivity index (χ0) is 13.9. The molecule has 0 aliphatic heterocycles. The summed E-state index contributed by atoms with van der Waals surface area (Å²) in [5.41, 5.74) is 2.51. The summed E-state index contributed by atoms with van der Waals surface area (Å²) in [5.74, 6) is 1.26. The minimum Gasteiger partial charge on any atom is -0.314 e. The van der Waals surface area contributed by atoms with Crippen molar-refractivity contribution in [1.82, 2.24) is 15.1 Å². The normalized spacial score (nSPS) is 26.0. The van der Waals surface area contributed by atoms with Crippen LogP contribution in [-0.4, -0.2) is 22.4 Å². The van der Waals surface area contributed by atoms with Crippen molar-refractivity contribution in [1.29, 1.82) is 0 Å². The van der Waals surface area contributed by atoms with E-state index in [1.807, 2.05) is 12.3 Å². The van der Waals surface area contributed by atoms with Crippen molar-refractivity contribution in [2.45, 2.75) is 38.6 Å². The smallest absolute Gasteiger partial charge is 0.0648 e. The van der Waals surface area contributed by atoms with Crippen molar-refractivity contribution in [3.8, 4) is 5.69 Å². The molecule has 1 aromatic carbocycles. The van der Waals surface area contributed by atoms with Gasteiger partial charge < -0.3 is 5.32 Å². The number of hydrogen-bond donors (Lipinski definition) is 1. The van der Waals surface area contributed by atoms with Gasteiger partial charge in [0.05, 0.1) is 5.69 Å². The van der Waals surface area contributed by atoms with Crippen molar-refractivity contribution in [3.63, 3.8) is 0 Å². The highest BCUT2D eigenvalue weighted by Gasteiger charge is 2.34. The molecule has 3 heteroatoms. The van der Waals surface area contributed by atoms with Crippen LogP contribution in [0.5, 0.6) is 0 Å². The maximum Gasteiger partial charge on any atom is 0.0648 e. The molecule has 20 heavy (non-hydrogen) atoms. The van der Waals surface area contributed by atoms with E-state index in [1.165, 1.54) is 18.5 Å². The summed E-state index contributed by atoms with van der Waals surface area (Å²) >= 11 is 0. The van der Waals surface area contributed by atoms with Crippen molar-refractivity contribution < 1.29 is 0 Å². The Balaban J connectivity index is 1.88. The average Bonchev–Trinajstić information content (AvgIpc) is 3.08. The van der Waals surface area contributed by atoms with Gasteiger partial charge in [-0.25, -0.2) is 4.68 Å². The van der Waals surface area contributed by atoms with Crippen LogP contribution in [0.25, 0.3) is 5.69 Å². The number of para-hydroxylation sites is 1. The van der Waals surface area contributed by atoms with E-state index in [0.717, 1.165) is 12.2 Å². The molecule has 106 valence electrons. The van der Waals surface area contributed by atoms with E-state index < -0.39 is 0 Å². The molecular weight excluding hydrogens is 246 g/mol. The monoisotopic (exact) mass is 269 g/mol. The Morgan fingerprint density at radius 1 is 1.20 bits per heavy atom. The SMILES string of the molecule is CCNC1CCC(c2ccnn2-c2ccccc2)C1C. The molecule has 0 bridgehead atoms. The van der Waals surface area contributed by atoms with Gasteiger partial charge >= 0.3 is 0 Å². The second kappa shape index (κ2) is 5.80. The summed E-state index contributed by atoms with van der Waals surface area (Å²) in [7, 11) is 0. The zero-order valence-electron chi connectivity index (χ0n) is 12.3. The van der Waals surface area contributed by atoms with E-state index in [-0.39, 0.29) is 0 Å². The van der Waals surface area contributed by atoms with Crippen LogP contribution in [-0.2, 0) is 0 Å². The van der Waals surface area contributed by atoms with E-state index in [9.17, 15) is 0 Å². The first-order valence-corrected chi connectivity index (χ1v) is 7.64. The largest absolute Gasteiger partial charge is 0.314 e. The maximum atomic E-state index is 4.53. The molecule has 1 saturated carbocycles. The quantitative estimate of drug-likeness (QED) is 0.922. The van der Waals surface area contributed by atoms with Crippen LogP contribution in [0.3, 0.4) is 0 Å². The van der Waals surface area contributed by atoms with Gasteiger partial charge in [0.25, 0.3) is 0 Å². The van der Waals surface area contributed by atoms with E-state index in [4.69, 9.17) is 0 Å². The van der Waals surface area contributed by atoms with E-state index in [2.05, 4.69) is 59.3 Å². The van der Waals surface area contributed by atoms with Crippen LogP contribution in [0.4, 0.5) is 0 Å². The van der Waals surface area contributed by atoms with Gasteiger partial charge in [0.15, 0.2) is 0 Å². The lowest BCUT2D eigenvalue weighted by molar-refractivity contribution is 0.405. The summed E-state index contributed by atoms with van der Waals surface area (Å²) in [6, 6.07) is 13.3. The zero-order valence-corrected chi connectivity index (χ0v) is 12.3. The van der Waals surface area contributed by atoms with Crippen LogP contribution in [0.1, 0.15) is 38.3 Å². The summed E-state index contributed by atoms with van der Waals surface area (Å²) in [5, 5.41) is 8.15. The third-order valence-electron chi connectivity index (χ3n) is 4.58. The Morgan fingerprint density at radius 3 is 2.75 bits per heavy atom. The minimum atomic E-state index is 0.599. The van der Waals surface area contributed by atoms with E-state index >= 15 is 0 Å². The molecule has 1 N–H and O–H groups in total. The summed E-state index contributed by atoms with van der Waals surface area (Å²) < 4.78 is 2.11. The highest BCUT2D eigenvalue weighted by molar-refractivity contribution is 5.33. The first-order chi connectivity index (χ1) is 9.81. The fourth-order valence-electron chi connectivity index (χ4n) is 3.51. The molecule has 3 nitrogen and oxygen atoms in total. The maximum absolute atomic E-state index is 4.53. The molecule has 1 aromatic heterocycles. The van der Waals surface area contributed by atoms with Crippen LogP contribution >= 0.6 is 0 Å². The first kappa shape index (κ1) is 13.4. The molecule has 3 unspecified atom stereocenters. The first-order valence-electron chi connectivity index (χ1n) is 7.64. The average molecular weight is 269 g/mol. The molecule has 0 saturated heterocycles. The lowest BCUT2D eigenvalue weighted by atomic mass is 9.92. The van der Waals surface area contributed by atoms with Gasteiger partial charge in [-0.3, -0.25) is 0 Å². The molecule has 0 amide bonds. The number of hydrogen-bond acceptors (Lipinski definition) is 2. The molecule has 1 aliphatic rings. The molecule has 1 aliphatic carbocycles. The van der Waals surface area contributed by atoms with Gasteiger partial charge in [0.1, 0.15) is 0 Å². The van der Waals surface area contributed by atoms with Gasteiger partial charge in [-0.05, 0) is 43.5 Å². The fourth-order valence-corrected chi connectivity index (χ4v) is 3.51. The highest BCUT2D eigenvalue weighted by atomic mass is 15.3. The third-order valence-corrected chi connectivity index (χ3v) is 4.58. The molecule has 1 fully saturated rings. The van der Waals surface area contributed by atoms with Gasteiger partial charge in [-0.15, -0.1) is 0 Å². The fraction of sp³-hybridized carbons (Fsp3) is 0.471. The molecule has 1 heterocycles. The second-order valence-corrected chi connectivity index (χ2v) is 5.71. The predicted molar refractivity (Wildman–Crippen MR) is 82.2 cm³/mol. The van der Waals surface area contributed by atoms with Crippen molar-refractivity contribution in [3.05, 3.63) is 48.3 Å². The molecule has 0 radical (unpaired) electrons. The summed E-state index contributed by atoms with van der Waals surface area (Å²) in [4.78, 5) is 0. The van der Waals surface area contributed by atoms with Gasteiger partial charge in [-0.1, -0.05) is 32.0 Å². The molecular formula is C17H23N3. The summed E-state index contributed by atoms with van der Waals surface area (Å²) in [6.45, 7) is 5.61. The Kier molecular flexibility index (Phi) is 3.88. The minimum absolute atomic E-state index is 0.599. The summed E-state index contributed by atoms with van der Waals surface area (Å²) in [6.07, 6.45) is 4.44. The van der Waals surface area contributed by atoms with Crippen LogP contribution in [0.15, 0.2) is 42.6 Å². The van der Waals surface area contributed by atoms with Crippen LogP contribution in [0.2, 0.25) is 0 Å². The lowest BCUT2D eigenvalue weighted by Gasteiger charge is -2.22. The molecule has 2 aromatic rings. The predicted octanol–water partition coefficient (Wildman–Crippen LogP) is 3.36. The van der Waals surface area contributed by atoms with E-state index in [1.54, 1.807) is 0 Å². The Morgan fingerprint density at radius 2 is 2.00 bits per heavy atom. The standard InChI is InChI=1S/C17H23N3/c1-3-18-16-10-9-15(13(16)2)17-11-12-19-20(17)14-7-5-4-6-8-14/h4-8,11-13,15-16,18H,3,9-10H2,1-2H3. The van der Waals surface area contributed by atoms with Gasteiger partial charge in [0, 0.05) is 23.9 Å².